The van der Waals surface area contributed by atoms with E-state index in [-0.39, 0.29) is 17.0 Å². The van der Waals surface area contributed by atoms with Gasteiger partial charge < -0.3 is 14.6 Å². The zero-order chi connectivity index (χ0) is 25.3. The third kappa shape index (κ3) is 4.68. The van der Waals surface area contributed by atoms with Crippen LogP contribution < -0.4 is 14.4 Å². The third-order valence-corrected chi connectivity index (χ3v) is 5.43. The first-order valence-corrected chi connectivity index (χ1v) is 10.3. The van der Waals surface area contributed by atoms with E-state index < -0.39 is 35.6 Å². The highest BCUT2D eigenvalue weighted by molar-refractivity contribution is 6.51. The summed E-state index contributed by atoms with van der Waals surface area (Å²) in [6.07, 6.45) is -3.50. The molecule has 1 aliphatic heterocycles. The number of carbonyl (C=O) groups excluding carboxylic acids is 2. The molecular formula is C25H19F3N2O5. The smallest absolute Gasteiger partial charge is 0.507 e. The molecule has 0 radical (unpaired) electrons. The molecule has 3 aromatic rings. The van der Waals surface area contributed by atoms with Gasteiger partial charge in [0.25, 0.3) is 11.7 Å². The first kappa shape index (κ1) is 23.8. The van der Waals surface area contributed by atoms with Crippen LogP contribution in [0.1, 0.15) is 22.9 Å². The summed E-state index contributed by atoms with van der Waals surface area (Å²) in [5, 5.41) is 11.2. The molecule has 1 unspecified atom stereocenters. The zero-order valence-electron chi connectivity index (χ0n) is 18.5. The number of hydrogen-bond donors (Lipinski definition) is 1. The molecule has 1 saturated heterocycles. The van der Waals surface area contributed by atoms with Crippen LogP contribution in [0.2, 0.25) is 0 Å². The fraction of sp³-hybridized carbons (Fsp3) is 0.160. The van der Waals surface area contributed by atoms with Gasteiger partial charge in [-0.05, 0) is 55.0 Å². The number of ether oxygens (including phenoxy) is 2. The second-order valence-electron chi connectivity index (χ2n) is 7.65. The Morgan fingerprint density at radius 3 is 2.43 bits per heavy atom. The molecule has 10 heteroatoms. The average molecular weight is 484 g/mol. The third-order valence-electron chi connectivity index (χ3n) is 5.43. The molecule has 2 aromatic carbocycles. The van der Waals surface area contributed by atoms with Gasteiger partial charge in [0.15, 0.2) is 0 Å². The molecule has 1 N–H and O–H groups in total. The monoisotopic (exact) mass is 484 g/mol. The van der Waals surface area contributed by atoms with Crippen LogP contribution in [0.5, 0.6) is 11.5 Å². The summed E-state index contributed by atoms with van der Waals surface area (Å²) in [5.74, 6) is -2.51. The topological polar surface area (TPSA) is 89.0 Å². The van der Waals surface area contributed by atoms with Crippen LogP contribution in [0.3, 0.4) is 0 Å². The molecule has 0 aliphatic carbocycles. The number of alkyl halides is 3. The predicted molar refractivity (Wildman–Crippen MR) is 120 cm³/mol. The predicted octanol–water partition coefficient (Wildman–Crippen LogP) is 4.92. The lowest BCUT2D eigenvalue weighted by atomic mass is 9.96. The minimum absolute atomic E-state index is 0.0324. The van der Waals surface area contributed by atoms with E-state index in [9.17, 15) is 27.9 Å². The fourth-order valence-electron chi connectivity index (χ4n) is 3.92. The Hall–Kier alpha value is -4.34. The van der Waals surface area contributed by atoms with Crippen molar-refractivity contribution in [2.24, 2.45) is 0 Å². The lowest BCUT2D eigenvalue weighted by Crippen LogP contribution is -2.30. The van der Waals surface area contributed by atoms with E-state index in [2.05, 4.69) is 9.72 Å². The molecule has 1 atom stereocenters. The van der Waals surface area contributed by atoms with Gasteiger partial charge in [-0.25, -0.2) is 0 Å². The van der Waals surface area contributed by atoms with E-state index in [1.807, 2.05) is 0 Å². The molecule has 2 heterocycles. The molecule has 7 nitrogen and oxygen atoms in total. The van der Waals surface area contributed by atoms with E-state index in [0.717, 1.165) is 17.0 Å². The van der Waals surface area contributed by atoms with Crippen molar-refractivity contribution >= 4 is 23.1 Å². The fourth-order valence-corrected chi connectivity index (χ4v) is 3.92. The molecule has 35 heavy (non-hydrogen) atoms. The second kappa shape index (κ2) is 9.13. The van der Waals surface area contributed by atoms with Gasteiger partial charge in [-0.3, -0.25) is 19.5 Å². The SMILES string of the molecule is COc1ccc(/C(O)=C2/C(=O)C(=O)N(c3cccc(OC(F)(F)F)c3)C2c2ccccn2)c(C)c1. The lowest BCUT2D eigenvalue weighted by Gasteiger charge is -2.25. The molecule has 0 spiro atoms. The minimum Gasteiger partial charge on any atom is -0.507 e. The first-order valence-electron chi connectivity index (χ1n) is 10.3. The van der Waals surface area contributed by atoms with Gasteiger partial charge in [0, 0.05) is 23.5 Å². The number of aliphatic hydroxyl groups excluding tert-OH is 1. The van der Waals surface area contributed by atoms with E-state index in [4.69, 9.17) is 4.74 Å². The molecule has 0 saturated carbocycles. The van der Waals surface area contributed by atoms with E-state index in [0.29, 0.717) is 16.9 Å². The summed E-state index contributed by atoms with van der Waals surface area (Å²) in [5.41, 5.74) is 0.827. The van der Waals surface area contributed by atoms with Crippen LogP contribution in [-0.2, 0) is 9.59 Å². The molecule has 180 valence electrons. The number of aliphatic hydroxyl groups is 1. The number of rotatable bonds is 5. The number of ketones is 1. The van der Waals surface area contributed by atoms with Gasteiger partial charge in [0.05, 0.1) is 18.4 Å². The number of carbonyl (C=O) groups is 2. The number of nitrogens with zero attached hydrogens (tertiary/aromatic N) is 2. The number of aromatic nitrogens is 1. The second-order valence-corrected chi connectivity index (χ2v) is 7.65. The quantitative estimate of drug-likeness (QED) is 0.314. The summed E-state index contributed by atoms with van der Waals surface area (Å²) in [4.78, 5) is 31.5. The van der Waals surface area contributed by atoms with Gasteiger partial charge in [-0.1, -0.05) is 12.1 Å². The van der Waals surface area contributed by atoms with Crippen LogP contribution >= 0.6 is 0 Å². The Balaban J connectivity index is 1.90. The van der Waals surface area contributed by atoms with E-state index in [1.165, 1.54) is 25.4 Å². The Morgan fingerprint density at radius 1 is 1.03 bits per heavy atom. The van der Waals surface area contributed by atoms with Crippen LogP contribution in [0.4, 0.5) is 18.9 Å². The minimum atomic E-state index is -4.95. The van der Waals surface area contributed by atoms with Crippen molar-refractivity contribution in [3.8, 4) is 11.5 Å². The number of pyridine rings is 1. The molecule has 0 bridgehead atoms. The highest BCUT2D eigenvalue weighted by Crippen LogP contribution is 2.43. The molecule has 1 aliphatic rings. The lowest BCUT2D eigenvalue weighted by molar-refractivity contribution is -0.274. The first-order chi connectivity index (χ1) is 16.6. The van der Waals surface area contributed by atoms with Crippen molar-refractivity contribution < 1.29 is 37.3 Å². The normalized spacial score (nSPS) is 17.5. The van der Waals surface area contributed by atoms with Crippen LogP contribution in [0, 0.1) is 6.92 Å². The van der Waals surface area contributed by atoms with Gasteiger partial charge in [0.2, 0.25) is 0 Å². The maximum atomic E-state index is 13.2. The van der Waals surface area contributed by atoms with Crippen molar-refractivity contribution in [2.45, 2.75) is 19.3 Å². The Labute approximate surface area is 198 Å². The van der Waals surface area contributed by atoms with Gasteiger partial charge >= 0.3 is 6.36 Å². The highest BCUT2D eigenvalue weighted by Gasteiger charge is 2.48. The molecule has 1 amide bonds. The average Bonchev–Trinajstić information content (AvgIpc) is 3.08. The summed E-state index contributed by atoms with van der Waals surface area (Å²) in [7, 11) is 1.48. The zero-order valence-corrected chi connectivity index (χ0v) is 18.5. The molecular weight excluding hydrogens is 465 g/mol. The van der Waals surface area contributed by atoms with Crippen LogP contribution in [0.15, 0.2) is 72.4 Å². The largest absolute Gasteiger partial charge is 0.573 e. The Kier molecular flexibility index (Phi) is 6.21. The number of anilines is 1. The van der Waals surface area contributed by atoms with Crippen LogP contribution in [-0.4, -0.2) is 35.3 Å². The summed E-state index contributed by atoms with van der Waals surface area (Å²) < 4.78 is 47.4. The number of amides is 1. The summed E-state index contributed by atoms with van der Waals surface area (Å²) in [6.45, 7) is 1.70. The number of halogens is 3. The number of benzene rings is 2. The van der Waals surface area contributed by atoms with Crippen LogP contribution in [0.25, 0.3) is 5.76 Å². The number of methoxy groups -OCH3 is 1. The Bertz CT molecular complexity index is 1320. The van der Waals surface area contributed by atoms with Crippen molar-refractivity contribution in [1.82, 2.24) is 4.98 Å². The van der Waals surface area contributed by atoms with Gasteiger partial charge in [-0.2, -0.15) is 0 Å². The molecule has 4 rings (SSSR count). The maximum Gasteiger partial charge on any atom is 0.573 e. The van der Waals surface area contributed by atoms with Crippen molar-refractivity contribution in [2.75, 3.05) is 12.0 Å². The van der Waals surface area contributed by atoms with Crippen molar-refractivity contribution in [3.05, 3.63) is 89.3 Å². The summed E-state index contributed by atoms with van der Waals surface area (Å²) in [6, 6.07) is 13.1. The highest BCUT2D eigenvalue weighted by atomic mass is 19.4. The van der Waals surface area contributed by atoms with Gasteiger partial charge in [-0.15, -0.1) is 13.2 Å². The number of Topliss-reactive ketones (excluding diaryl/α,β-unsaturated/α-hetero) is 1. The van der Waals surface area contributed by atoms with Crippen molar-refractivity contribution in [1.29, 1.82) is 0 Å². The Morgan fingerprint density at radius 2 is 1.80 bits per heavy atom. The summed E-state index contributed by atoms with van der Waals surface area (Å²) >= 11 is 0. The van der Waals surface area contributed by atoms with E-state index >= 15 is 0 Å². The maximum absolute atomic E-state index is 13.2. The molecule has 1 fully saturated rings. The van der Waals surface area contributed by atoms with E-state index in [1.54, 1.807) is 43.3 Å². The number of hydrogen-bond acceptors (Lipinski definition) is 6. The van der Waals surface area contributed by atoms with Gasteiger partial charge in [0.1, 0.15) is 23.3 Å². The number of aryl methyl sites for hydroxylation is 1. The standard InChI is InChI=1S/C25H19F3N2O5/c1-14-12-16(34-2)9-10-18(14)22(31)20-21(19-8-3-4-11-29-19)30(24(33)23(20)32)15-6-5-7-17(13-15)35-25(26,27)28/h3-13,21,31H,1-2H3/b22-20-. The molecule has 1 aromatic heterocycles. The van der Waals surface area contributed by atoms with Crippen molar-refractivity contribution in [3.63, 3.8) is 0 Å².